The van der Waals surface area contributed by atoms with Crippen LogP contribution in [0.4, 0.5) is 13.2 Å². The summed E-state index contributed by atoms with van der Waals surface area (Å²) in [6.45, 7) is 6.55. The van der Waals surface area contributed by atoms with Crippen LogP contribution in [0.15, 0.2) is 24.3 Å². The van der Waals surface area contributed by atoms with Crippen LogP contribution in [0.3, 0.4) is 0 Å². The topological polar surface area (TPSA) is 114 Å². The first-order valence-corrected chi connectivity index (χ1v) is 8.71. The smallest absolute Gasteiger partial charge is 0.422 e. The molecule has 30 heavy (non-hydrogen) atoms. The van der Waals surface area contributed by atoms with Crippen molar-refractivity contribution >= 4 is 23.9 Å². The van der Waals surface area contributed by atoms with E-state index in [0.29, 0.717) is 5.57 Å². The summed E-state index contributed by atoms with van der Waals surface area (Å²) in [6.07, 6.45) is -9.10. The van der Waals surface area contributed by atoms with Gasteiger partial charge in [0, 0.05) is 0 Å². The van der Waals surface area contributed by atoms with Crippen molar-refractivity contribution in [1.82, 2.24) is 0 Å². The van der Waals surface area contributed by atoms with E-state index in [9.17, 15) is 32.3 Å². The highest BCUT2D eigenvalue weighted by atomic mass is 19.4. The highest BCUT2D eigenvalue weighted by Crippen LogP contribution is 2.51. The molecule has 0 aromatic carbocycles. The Morgan fingerprint density at radius 1 is 1.07 bits per heavy atom. The number of esters is 4. The van der Waals surface area contributed by atoms with Crippen molar-refractivity contribution in [2.75, 3.05) is 13.2 Å². The number of halogens is 3. The maximum absolute atomic E-state index is 12.4. The number of carbonyl (C=O) groups is 4. The fraction of sp³-hybridized carbons (Fsp3) is 0.556. The number of fused-ring (bicyclic) bond motifs is 1. The molecule has 0 aromatic rings. The molecule has 12 heteroatoms. The average Bonchev–Trinajstić information content (AvgIpc) is 3.26. The maximum Gasteiger partial charge on any atom is 0.422 e. The van der Waals surface area contributed by atoms with Gasteiger partial charge in [0.25, 0.3) is 0 Å². The van der Waals surface area contributed by atoms with Crippen LogP contribution in [-0.4, -0.2) is 67.7 Å². The molecule has 0 aliphatic carbocycles. The van der Waals surface area contributed by atoms with Crippen molar-refractivity contribution in [1.29, 1.82) is 0 Å². The predicted octanol–water partition coefficient (Wildman–Crippen LogP) is 0.618. The van der Waals surface area contributed by atoms with Gasteiger partial charge >= 0.3 is 30.1 Å². The van der Waals surface area contributed by atoms with Gasteiger partial charge in [-0.3, -0.25) is 9.59 Å². The van der Waals surface area contributed by atoms with Gasteiger partial charge in [-0.1, -0.05) is 13.2 Å². The van der Waals surface area contributed by atoms with E-state index >= 15 is 0 Å². The number of hydrogen-bond donors (Lipinski definition) is 0. The maximum atomic E-state index is 12.4. The molecule has 3 aliphatic heterocycles. The molecule has 3 fully saturated rings. The molecular weight excluding hydrogens is 417 g/mol. The predicted molar refractivity (Wildman–Crippen MR) is 87.3 cm³/mol. The van der Waals surface area contributed by atoms with Gasteiger partial charge < -0.3 is 23.7 Å². The van der Waals surface area contributed by atoms with Crippen LogP contribution in [0, 0.1) is 11.8 Å². The second-order valence-electron chi connectivity index (χ2n) is 7.09. The summed E-state index contributed by atoms with van der Waals surface area (Å²) in [7, 11) is 0. The zero-order valence-electron chi connectivity index (χ0n) is 15.6. The Labute approximate surface area is 167 Å². The fourth-order valence-corrected chi connectivity index (χ4v) is 3.54. The Balaban J connectivity index is 1.63. The van der Waals surface area contributed by atoms with Crippen LogP contribution in [0.5, 0.6) is 0 Å². The summed E-state index contributed by atoms with van der Waals surface area (Å²) in [5, 5.41) is 0. The third-order valence-electron chi connectivity index (χ3n) is 4.82. The normalized spacial score (nSPS) is 31.1. The van der Waals surface area contributed by atoms with Gasteiger partial charge in [-0.2, -0.15) is 13.2 Å². The van der Waals surface area contributed by atoms with E-state index in [-0.39, 0.29) is 6.61 Å². The van der Waals surface area contributed by atoms with Gasteiger partial charge in [0.15, 0.2) is 18.8 Å². The Kier molecular flexibility index (Phi) is 5.63. The Bertz CT molecular complexity index is 818. The first-order chi connectivity index (χ1) is 13.9. The monoisotopic (exact) mass is 434 g/mol. The largest absolute Gasteiger partial charge is 0.461 e. The van der Waals surface area contributed by atoms with E-state index in [1.165, 1.54) is 0 Å². The van der Waals surface area contributed by atoms with E-state index in [2.05, 4.69) is 17.9 Å². The van der Waals surface area contributed by atoms with Crippen molar-refractivity contribution < 1.29 is 56.0 Å². The lowest BCUT2D eigenvalue weighted by Gasteiger charge is -2.27. The molecule has 3 saturated heterocycles. The lowest BCUT2D eigenvalue weighted by atomic mass is 9.78. The molecule has 0 radical (unpaired) electrons. The molecule has 0 spiro atoms. The minimum atomic E-state index is -5.01. The van der Waals surface area contributed by atoms with E-state index in [1.807, 2.05) is 0 Å². The molecule has 0 aromatic heterocycles. The van der Waals surface area contributed by atoms with Crippen LogP contribution in [0.1, 0.15) is 6.92 Å². The van der Waals surface area contributed by atoms with Crippen molar-refractivity contribution in [2.45, 2.75) is 37.5 Å². The molecule has 0 amide bonds. The van der Waals surface area contributed by atoms with E-state index < -0.39 is 78.5 Å². The van der Waals surface area contributed by atoms with E-state index in [1.54, 1.807) is 6.92 Å². The van der Waals surface area contributed by atoms with Gasteiger partial charge in [0.05, 0.1) is 0 Å². The average molecular weight is 434 g/mol. The molecule has 0 saturated carbocycles. The third-order valence-corrected chi connectivity index (χ3v) is 4.82. The van der Waals surface area contributed by atoms with Crippen LogP contribution < -0.4 is 0 Å². The molecule has 3 heterocycles. The van der Waals surface area contributed by atoms with Gasteiger partial charge in [0.1, 0.15) is 36.2 Å². The molecular formula is C18H17F3O9. The fourth-order valence-electron chi connectivity index (χ4n) is 3.54. The van der Waals surface area contributed by atoms with Gasteiger partial charge in [-0.25, -0.2) is 9.59 Å². The van der Waals surface area contributed by atoms with Gasteiger partial charge in [-0.05, 0) is 12.5 Å². The molecule has 9 nitrogen and oxygen atoms in total. The van der Waals surface area contributed by atoms with Crippen molar-refractivity contribution in [3.8, 4) is 0 Å². The molecule has 3 aliphatic rings. The summed E-state index contributed by atoms with van der Waals surface area (Å²) in [5.41, 5.74) is -1.23. The van der Waals surface area contributed by atoms with Gasteiger partial charge in [-0.15, -0.1) is 0 Å². The zero-order chi connectivity index (χ0) is 22.4. The lowest BCUT2D eigenvalue weighted by molar-refractivity contribution is -0.171. The Morgan fingerprint density at radius 2 is 1.73 bits per heavy atom. The highest BCUT2D eigenvalue weighted by molar-refractivity contribution is 5.90. The number of rotatable bonds is 7. The van der Waals surface area contributed by atoms with Gasteiger partial charge in [0.2, 0.25) is 0 Å². The second-order valence-corrected chi connectivity index (χ2v) is 7.09. The van der Waals surface area contributed by atoms with Crippen LogP contribution in [0.2, 0.25) is 0 Å². The lowest BCUT2D eigenvalue weighted by Crippen LogP contribution is -2.48. The van der Waals surface area contributed by atoms with Crippen LogP contribution >= 0.6 is 0 Å². The quantitative estimate of drug-likeness (QED) is 0.246. The highest BCUT2D eigenvalue weighted by Gasteiger charge is 2.72. The van der Waals surface area contributed by atoms with E-state index in [4.69, 9.17) is 18.9 Å². The number of hydrogen-bond acceptors (Lipinski definition) is 9. The van der Waals surface area contributed by atoms with Crippen molar-refractivity contribution in [3.05, 3.63) is 24.3 Å². The Hall–Kier alpha value is -2.89. The minimum Gasteiger partial charge on any atom is -0.461 e. The summed E-state index contributed by atoms with van der Waals surface area (Å²) in [4.78, 5) is 47.8. The summed E-state index contributed by atoms with van der Waals surface area (Å²) >= 11 is 0. The molecule has 3 rings (SSSR count). The molecule has 6 unspecified atom stereocenters. The molecule has 164 valence electrons. The molecule has 6 atom stereocenters. The van der Waals surface area contributed by atoms with Crippen LogP contribution in [-0.2, 0) is 42.9 Å². The SMILES string of the molecule is C=C(C)COC(=O)C1C2OC3C(OC(=O)C31)C2OC(=O)COC(=O)C(=C)C(F)(F)F. The summed E-state index contributed by atoms with van der Waals surface area (Å²) in [5.74, 6) is -6.53. The minimum absolute atomic E-state index is 0.0819. The zero-order valence-corrected chi connectivity index (χ0v) is 15.6. The first kappa shape index (κ1) is 21.8. The number of alkyl halides is 3. The van der Waals surface area contributed by atoms with Crippen molar-refractivity contribution in [3.63, 3.8) is 0 Å². The summed E-state index contributed by atoms with van der Waals surface area (Å²) in [6, 6.07) is 0. The molecule has 2 bridgehead atoms. The second kappa shape index (κ2) is 7.74. The molecule has 0 N–H and O–H groups in total. The first-order valence-electron chi connectivity index (χ1n) is 8.71. The Morgan fingerprint density at radius 3 is 2.33 bits per heavy atom. The number of carbonyl (C=O) groups excluding carboxylic acids is 4. The summed E-state index contributed by atoms with van der Waals surface area (Å²) < 4.78 is 62.3. The number of ether oxygens (including phenoxy) is 5. The van der Waals surface area contributed by atoms with Crippen molar-refractivity contribution in [2.24, 2.45) is 11.8 Å². The van der Waals surface area contributed by atoms with E-state index in [0.717, 1.165) is 0 Å². The standard InChI is InChI=1S/C18H17F3O9/c1-6(2)4-26-16(24)9-10-12-14(30-17(10)25)13(11(9)29-12)28-8(22)5-27-15(23)7(3)18(19,20)21/h9-14H,1,3-5H2,2H3. The van der Waals surface area contributed by atoms with Crippen LogP contribution in [0.25, 0.3) is 0 Å². The third kappa shape index (κ3) is 3.91.